The first-order valence-corrected chi connectivity index (χ1v) is 12.1. The Morgan fingerprint density at radius 3 is 2.66 bits per heavy atom. The van der Waals surface area contributed by atoms with E-state index in [0.717, 1.165) is 0 Å². The van der Waals surface area contributed by atoms with Crippen LogP contribution in [-0.2, 0) is 22.7 Å². The van der Waals surface area contributed by atoms with E-state index in [1.54, 1.807) is 6.26 Å². The van der Waals surface area contributed by atoms with Crippen LogP contribution in [0.15, 0.2) is 11.5 Å². The molecule has 0 spiro atoms. The maximum Gasteiger partial charge on any atom is 0.474 e. The summed E-state index contributed by atoms with van der Waals surface area (Å²) in [4.78, 5) is 29.7. The highest BCUT2D eigenvalue weighted by molar-refractivity contribution is 7.98. The molecule has 1 aliphatic rings. The van der Waals surface area contributed by atoms with Gasteiger partial charge in [0.1, 0.15) is 23.8 Å². The van der Waals surface area contributed by atoms with Crippen LogP contribution in [0.4, 0.5) is 5.82 Å². The Labute approximate surface area is 168 Å². The zero-order chi connectivity index (χ0) is 21.6. The molecule has 3 rings (SSSR count). The van der Waals surface area contributed by atoms with Crippen molar-refractivity contribution < 1.29 is 42.7 Å². The van der Waals surface area contributed by atoms with Gasteiger partial charge in [0.15, 0.2) is 22.8 Å². The minimum atomic E-state index is -5.17. The minimum Gasteiger partial charge on any atom is -0.443 e. The van der Waals surface area contributed by atoms with Gasteiger partial charge in [-0.25, -0.2) is 23.8 Å². The highest BCUT2D eigenvalue weighted by Crippen LogP contribution is 2.57. The van der Waals surface area contributed by atoms with E-state index in [4.69, 9.17) is 27.8 Å². The number of nitrogens with two attached hydrogens (primary N) is 1. The summed E-state index contributed by atoms with van der Waals surface area (Å²) in [7, 11) is -4.73. The molecule has 3 heterocycles. The number of hydrogen-bond acceptors (Lipinski definition) is 12. The maximum atomic E-state index is 11.8. The van der Waals surface area contributed by atoms with E-state index in [2.05, 4.69) is 23.8 Å². The van der Waals surface area contributed by atoms with Crippen molar-refractivity contribution in [3.05, 3.63) is 6.33 Å². The van der Waals surface area contributed by atoms with Crippen molar-refractivity contribution in [2.45, 2.75) is 29.7 Å². The zero-order valence-electron chi connectivity index (χ0n) is 14.7. The zero-order valence-corrected chi connectivity index (χ0v) is 17.3. The molecule has 3 radical (unpaired) electrons. The summed E-state index contributed by atoms with van der Waals surface area (Å²) in [6, 6.07) is 0. The molecule has 0 bridgehead atoms. The molecular weight excluding hydrogens is 451 g/mol. The molecule has 0 aliphatic carbocycles. The van der Waals surface area contributed by atoms with Gasteiger partial charge in [-0.2, -0.15) is 0 Å². The molecule has 2 aromatic rings. The van der Waals surface area contributed by atoms with Gasteiger partial charge in [-0.15, -0.1) is 0 Å². The second-order valence-corrected chi connectivity index (χ2v) is 9.62. The smallest absolute Gasteiger partial charge is 0.443 e. The third-order valence-electron chi connectivity index (χ3n) is 3.86. The van der Waals surface area contributed by atoms with Gasteiger partial charge in [0.2, 0.25) is 0 Å². The fourth-order valence-corrected chi connectivity index (χ4v) is 4.74. The summed E-state index contributed by atoms with van der Waals surface area (Å²) in [6.07, 6.45) is -2.41. The van der Waals surface area contributed by atoms with Crippen molar-refractivity contribution in [1.82, 2.24) is 19.5 Å². The van der Waals surface area contributed by atoms with Crippen LogP contribution in [0.5, 0.6) is 0 Å². The third-order valence-corrected chi connectivity index (χ3v) is 6.68. The van der Waals surface area contributed by atoms with E-state index >= 15 is 0 Å². The number of fused-ring (bicyclic) bond motifs is 1. The van der Waals surface area contributed by atoms with Crippen LogP contribution in [0, 0.1) is 0 Å². The quantitative estimate of drug-likeness (QED) is 0.145. The number of nitrogens with zero attached hydrogens (tertiary/aromatic N) is 4. The van der Waals surface area contributed by atoms with Gasteiger partial charge in [0.05, 0.1) is 20.4 Å². The number of thioether (sulfide) groups is 1. The first-order chi connectivity index (χ1) is 13.4. The number of aliphatic hydroxyl groups is 2. The van der Waals surface area contributed by atoms with Gasteiger partial charge in [-0.05, 0) is 6.26 Å². The number of hydrogen-bond donors (Lipinski definition) is 5. The molecule has 5 atom stereocenters. The van der Waals surface area contributed by atoms with E-state index in [1.165, 1.54) is 22.7 Å². The highest BCUT2D eigenvalue weighted by atomic mass is 32.2. The van der Waals surface area contributed by atoms with Crippen LogP contribution in [0.1, 0.15) is 6.23 Å². The molecular formula is C11H16BN5O9P2S-. The summed E-state index contributed by atoms with van der Waals surface area (Å²) >= 11 is 1.23. The van der Waals surface area contributed by atoms with E-state index < -0.39 is 46.4 Å². The van der Waals surface area contributed by atoms with Crippen LogP contribution >= 0.6 is 27.1 Å². The number of anilines is 1. The van der Waals surface area contributed by atoms with Crippen LogP contribution in [0.2, 0.25) is 0 Å². The number of phosphoric acid groups is 1. The average molecular weight is 467 g/mol. The van der Waals surface area contributed by atoms with Gasteiger partial charge in [0.25, 0.3) is 0 Å². The lowest BCUT2D eigenvalue weighted by Gasteiger charge is -2.28. The first-order valence-electron chi connectivity index (χ1n) is 7.77. The summed E-state index contributed by atoms with van der Waals surface area (Å²) < 4.78 is 37.9. The topological polar surface area (TPSA) is 212 Å². The lowest BCUT2D eigenvalue weighted by atomic mass is 10.1. The Balaban J connectivity index is 1.80. The Morgan fingerprint density at radius 2 is 2.03 bits per heavy atom. The van der Waals surface area contributed by atoms with Crippen LogP contribution in [0.3, 0.4) is 0 Å². The molecule has 1 fully saturated rings. The van der Waals surface area contributed by atoms with E-state index in [0.29, 0.717) is 5.16 Å². The lowest BCUT2D eigenvalue weighted by molar-refractivity contribution is -0.0479. The monoisotopic (exact) mass is 467 g/mol. The summed E-state index contributed by atoms with van der Waals surface area (Å²) in [5, 5.41) is 20.9. The van der Waals surface area contributed by atoms with Crippen molar-refractivity contribution in [2.75, 3.05) is 18.6 Å². The Morgan fingerprint density at radius 1 is 1.34 bits per heavy atom. The standard InChI is InChI=1S/C11H16BN5O9P2S/c1-29-11-15-8(13)5-9(16-11)17(3-14-5)10-7(19)6(18)4(25-10)2-24-27(12,20)26-28(21,22)23/h3-4,6-7,10,18-19H,2H2,1H3,(H2,13,15,16)(H2,21,22,23)/q-1/t4-,6-,7-,10-,27+/m1/s1. The van der Waals surface area contributed by atoms with E-state index in [9.17, 15) is 19.3 Å². The Hall–Kier alpha value is -1.06. The second kappa shape index (κ2) is 8.23. The molecule has 0 amide bonds. The third kappa shape index (κ3) is 4.99. The van der Waals surface area contributed by atoms with Crippen molar-refractivity contribution >= 4 is 51.6 Å². The van der Waals surface area contributed by atoms with Crippen LogP contribution in [-0.4, -0.2) is 78.3 Å². The predicted molar refractivity (Wildman–Crippen MR) is 99.9 cm³/mol. The Kier molecular flexibility index (Phi) is 6.42. The van der Waals surface area contributed by atoms with Gasteiger partial charge in [0, 0.05) is 0 Å². The van der Waals surface area contributed by atoms with E-state index in [-0.39, 0.29) is 17.0 Å². The van der Waals surface area contributed by atoms with Crippen LogP contribution < -0.4 is 5.73 Å². The van der Waals surface area contributed by atoms with Crippen molar-refractivity contribution in [2.24, 2.45) is 0 Å². The molecule has 1 saturated heterocycles. The number of ether oxygens (including phenoxy) is 1. The molecule has 0 aromatic carbocycles. The lowest BCUT2D eigenvalue weighted by Crippen LogP contribution is -2.33. The largest absolute Gasteiger partial charge is 0.474 e. The number of aromatic nitrogens is 4. The van der Waals surface area contributed by atoms with Gasteiger partial charge < -0.3 is 47.1 Å². The molecule has 159 valence electrons. The second-order valence-electron chi connectivity index (χ2n) is 5.87. The van der Waals surface area contributed by atoms with Gasteiger partial charge >= 0.3 is 7.82 Å². The maximum absolute atomic E-state index is 11.8. The molecule has 6 N–H and O–H groups in total. The fourth-order valence-electron chi connectivity index (χ4n) is 2.64. The molecule has 1 aliphatic heterocycles. The molecule has 2 aromatic heterocycles. The minimum absolute atomic E-state index is 0.115. The van der Waals surface area contributed by atoms with Crippen LogP contribution in [0.25, 0.3) is 11.2 Å². The Bertz CT molecular complexity index is 1000. The predicted octanol–water partition coefficient (Wildman–Crippen LogP) is -0.848. The van der Waals surface area contributed by atoms with Crippen molar-refractivity contribution in [1.29, 1.82) is 0 Å². The summed E-state index contributed by atoms with van der Waals surface area (Å²) in [5.41, 5.74) is 6.35. The average Bonchev–Trinajstić information content (AvgIpc) is 3.13. The number of imidazole rings is 1. The normalized spacial score (nSPS) is 27.4. The number of rotatable bonds is 7. The van der Waals surface area contributed by atoms with Gasteiger partial charge in [-0.1, -0.05) is 11.8 Å². The first kappa shape index (κ1) is 22.6. The van der Waals surface area contributed by atoms with Crippen molar-refractivity contribution in [3.8, 4) is 0 Å². The molecule has 14 nitrogen and oxygen atoms in total. The van der Waals surface area contributed by atoms with Gasteiger partial charge in [-0.3, -0.25) is 4.57 Å². The summed E-state index contributed by atoms with van der Waals surface area (Å²) in [5.74, 6) is 0.115. The molecule has 29 heavy (non-hydrogen) atoms. The van der Waals surface area contributed by atoms with E-state index in [1.807, 2.05) is 0 Å². The molecule has 0 saturated carbocycles. The molecule has 0 unspecified atom stereocenters. The number of nitrogen functional groups attached to an aromatic ring is 1. The summed E-state index contributed by atoms with van der Waals surface area (Å²) in [6.45, 7) is -0.692. The molecule has 18 heteroatoms. The fraction of sp³-hybridized carbons (Fsp3) is 0.545. The van der Waals surface area contributed by atoms with Crippen molar-refractivity contribution in [3.63, 3.8) is 0 Å². The SMILES string of the molecule is [B-][P@](=O)(OC[C@H]1O[C@@H](n2cnc3c(N)nc(SC)nc32)[C@H](O)[C@@H]1O)OP(=O)(O)O. The highest BCUT2D eigenvalue weighted by Gasteiger charge is 2.44. The number of aliphatic hydroxyl groups excluding tert-OH is 2.